The van der Waals surface area contributed by atoms with Crippen LogP contribution in [0.4, 0.5) is 0 Å². The highest BCUT2D eigenvalue weighted by Gasteiger charge is 2.53. The Morgan fingerprint density at radius 3 is 1.03 bits per heavy atom. The topological polar surface area (TPSA) is 307 Å². The van der Waals surface area contributed by atoms with Crippen molar-refractivity contribution in [3.05, 3.63) is 48.6 Å². The average Bonchev–Trinajstić information content (AvgIpc) is 0.790. The molecule has 19 nitrogen and oxygen atoms in total. The summed E-state index contributed by atoms with van der Waals surface area (Å²) >= 11 is 0. The molecule has 0 aliphatic carbocycles. The summed E-state index contributed by atoms with van der Waals surface area (Å²) < 4.78 is 34.4. The molecular formula is C78H143NO18. The first-order chi connectivity index (χ1) is 47.3. The van der Waals surface area contributed by atoms with Crippen LogP contribution in [-0.4, -0.2) is 193 Å². The molecule has 19 heteroatoms. The van der Waals surface area contributed by atoms with Crippen LogP contribution in [-0.2, 0) is 33.2 Å². The van der Waals surface area contributed by atoms with Gasteiger partial charge in [-0.05, 0) is 70.6 Å². The zero-order valence-corrected chi connectivity index (χ0v) is 60.6. The van der Waals surface area contributed by atoms with Gasteiger partial charge in [-0.3, -0.25) is 4.79 Å². The lowest BCUT2D eigenvalue weighted by molar-refractivity contribution is -0.379. The molecule has 0 aromatic rings. The number of carbonyl (C=O) groups is 1. The molecule has 12 N–H and O–H groups in total. The predicted octanol–water partition coefficient (Wildman–Crippen LogP) is 12.5. The van der Waals surface area contributed by atoms with Gasteiger partial charge >= 0.3 is 0 Å². The molecule has 3 aliphatic rings. The minimum atomic E-state index is -1.98. The first-order valence-corrected chi connectivity index (χ1v) is 39.4. The lowest BCUT2D eigenvalue weighted by atomic mass is 9.96. The highest BCUT2D eigenvalue weighted by molar-refractivity contribution is 5.76. The normalized spacial score (nSPS) is 27.1. The summed E-state index contributed by atoms with van der Waals surface area (Å²) in [5.41, 5.74) is 0. The van der Waals surface area contributed by atoms with Gasteiger partial charge in [-0.2, -0.15) is 0 Å². The van der Waals surface area contributed by atoms with Gasteiger partial charge in [0, 0.05) is 6.42 Å². The van der Waals surface area contributed by atoms with Crippen LogP contribution in [0.3, 0.4) is 0 Å². The van der Waals surface area contributed by atoms with E-state index in [0.717, 1.165) is 44.9 Å². The Labute approximate surface area is 586 Å². The van der Waals surface area contributed by atoms with E-state index in [1.165, 1.54) is 231 Å². The highest BCUT2D eigenvalue weighted by Crippen LogP contribution is 2.33. The van der Waals surface area contributed by atoms with Crippen molar-refractivity contribution in [3.8, 4) is 0 Å². The van der Waals surface area contributed by atoms with Gasteiger partial charge in [0.2, 0.25) is 5.91 Å². The summed E-state index contributed by atoms with van der Waals surface area (Å²) in [4.78, 5) is 13.5. The van der Waals surface area contributed by atoms with Crippen LogP contribution < -0.4 is 5.32 Å². The van der Waals surface area contributed by atoms with E-state index >= 15 is 0 Å². The number of hydrogen-bond acceptors (Lipinski definition) is 18. The van der Waals surface area contributed by atoms with Crippen LogP contribution in [0.5, 0.6) is 0 Å². The number of aliphatic hydroxyl groups is 11. The van der Waals surface area contributed by atoms with Crippen LogP contribution in [0.1, 0.15) is 309 Å². The average molecular weight is 1380 g/mol. The van der Waals surface area contributed by atoms with Crippen molar-refractivity contribution in [1.82, 2.24) is 5.32 Å². The quantitative estimate of drug-likeness (QED) is 0.0199. The second-order valence-electron chi connectivity index (χ2n) is 28.2. The zero-order chi connectivity index (χ0) is 70.4. The number of hydrogen-bond donors (Lipinski definition) is 12. The van der Waals surface area contributed by atoms with Crippen LogP contribution in [0.2, 0.25) is 0 Å². The first kappa shape index (κ1) is 89.0. The molecule has 0 aromatic carbocycles. The molecule has 3 heterocycles. The van der Waals surface area contributed by atoms with Crippen molar-refractivity contribution in [2.75, 3.05) is 26.4 Å². The van der Waals surface area contributed by atoms with E-state index in [9.17, 15) is 61.0 Å². The van der Waals surface area contributed by atoms with E-state index < -0.39 is 124 Å². The molecule has 97 heavy (non-hydrogen) atoms. The molecule has 17 unspecified atom stereocenters. The second kappa shape index (κ2) is 59.2. The van der Waals surface area contributed by atoms with Gasteiger partial charge in [0.25, 0.3) is 0 Å². The summed E-state index contributed by atoms with van der Waals surface area (Å²) in [6, 6.07) is -0.998. The Bertz CT molecular complexity index is 1940. The van der Waals surface area contributed by atoms with Gasteiger partial charge in [-0.25, -0.2) is 0 Å². The Hall–Kier alpha value is -2.25. The first-order valence-electron chi connectivity index (χ1n) is 39.4. The fourth-order valence-electron chi connectivity index (χ4n) is 13.2. The van der Waals surface area contributed by atoms with Crippen LogP contribution in [0.15, 0.2) is 48.6 Å². The van der Waals surface area contributed by atoms with Crippen molar-refractivity contribution in [3.63, 3.8) is 0 Å². The number of amides is 1. The summed E-state index contributed by atoms with van der Waals surface area (Å²) in [5, 5.41) is 121. The van der Waals surface area contributed by atoms with Crippen LogP contribution >= 0.6 is 0 Å². The van der Waals surface area contributed by atoms with Gasteiger partial charge in [0.05, 0.1) is 38.6 Å². The molecule has 3 saturated heterocycles. The molecule has 17 atom stereocenters. The maximum Gasteiger partial charge on any atom is 0.220 e. The molecule has 0 saturated carbocycles. The second-order valence-corrected chi connectivity index (χ2v) is 28.2. The Balaban J connectivity index is 1.41. The Kier molecular flexibility index (Phi) is 54.3. The predicted molar refractivity (Wildman–Crippen MR) is 383 cm³/mol. The molecule has 1 amide bonds. The van der Waals surface area contributed by atoms with Gasteiger partial charge in [-0.1, -0.05) is 281 Å². The molecule has 0 bridgehead atoms. The number of unbranched alkanes of at least 4 members (excludes halogenated alkanes) is 40. The molecular weight excluding hydrogens is 1240 g/mol. The van der Waals surface area contributed by atoms with E-state index in [0.29, 0.717) is 12.8 Å². The molecule has 3 fully saturated rings. The minimum Gasteiger partial charge on any atom is -0.394 e. The highest BCUT2D eigenvalue weighted by atomic mass is 16.8. The Morgan fingerprint density at radius 2 is 0.660 bits per heavy atom. The maximum absolute atomic E-state index is 13.5. The lowest BCUT2D eigenvalue weighted by Crippen LogP contribution is -2.66. The molecule has 568 valence electrons. The standard InChI is InChI=1S/C78H143NO18/c1-3-5-7-9-11-13-15-17-19-21-23-25-27-29-30-32-34-36-38-40-42-44-46-48-50-52-54-56-66(84)79-61(62(83)55-53-51-49-47-45-43-41-39-37-35-33-31-28-26-24-22-20-18-16-14-12-10-8-6-4-2)60-92-76-72(90)69(87)74(64(58-81)94-76)97-78-73(91)70(88)75(65(59-82)95-78)96-77-71(89)68(86)67(85)63(57-80)93-77/h21,23,37,39,45,47,53,55,61-65,67-78,80-83,85-91H,3-20,22,24-36,38,40-44,46,48-52,54,56-60H2,1-2H3,(H,79,84)/b23-21-,39-37+,47-45+,55-53+. The maximum atomic E-state index is 13.5. The molecule has 3 rings (SSSR count). The monoisotopic (exact) mass is 1380 g/mol. The van der Waals surface area contributed by atoms with E-state index in [2.05, 4.69) is 55.6 Å². The number of nitrogens with one attached hydrogen (secondary N) is 1. The smallest absolute Gasteiger partial charge is 0.220 e. The summed E-state index contributed by atoms with van der Waals surface area (Å²) in [5.74, 6) is -0.285. The number of rotatable bonds is 62. The number of ether oxygens (including phenoxy) is 6. The van der Waals surface area contributed by atoms with Gasteiger partial charge in [-0.15, -0.1) is 0 Å². The van der Waals surface area contributed by atoms with Crippen molar-refractivity contribution < 1.29 is 89.4 Å². The molecule has 0 radical (unpaired) electrons. The van der Waals surface area contributed by atoms with Crippen molar-refractivity contribution >= 4 is 5.91 Å². The van der Waals surface area contributed by atoms with Gasteiger partial charge in [0.1, 0.15) is 73.2 Å². The van der Waals surface area contributed by atoms with E-state index in [1.54, 1.807) is 6.08 Å². The lowest BCUT2D eigenvalue weighted by Gasteiger charge is -2.48. The number of carbonyl (C=O) groups excluding carboxylic acids is 1. The van der Waals surface area contributed by atoms with Crippen LogP contribution in [0, 0.1) is 0 Å². The summed E-state index contributed by atoms with van der Waals surface area (Å²) in [6.07, 6.45) is 46.7. The zero-order valence-electron chi connectivity index (χ0n) is 60.6. The third-order valence-electron chi connectivity index (χ3n) is 19.6. The largest absolute Gasteiger partial charge is 0.394 e. The third-order valence-corrected chi connectivity index (χ3v) is 19.6. The van der Waals surface area contributed by atoms with Crippen LogP contribution in [0.25, 0.3) is 0 Å². The Morgan fingerprint density at radius 1 is 0.361 bits per heavy atom. The van der Waals surface area contributed by atoms with Gasteiger partial charge in [0.15, 0.2) is 18.9 Å². The van der Waals surface area contributed by atoms with Crippen molar-refractivity contribution in [2.24, 2.45) is 0 Å². The minimum absolute atomic E-state index is 0.233. The number of allylic oxidation sites excluding steroid dienone is 7. The number of aliphatic hydroxyl groups excluding tert-OH is 11. The van der Waals surface area contributed by atoms with E-state index in [4.69, 9.17) is 28.4 Å². The molecule has 0 aromatic heterocycles. The van der Waals surface area contributed by atoms with Gasteiger partial charge < -0.3 is 89.9 Å². The fraction of sp³-hybridized carbons (Fsp3) is 0.885. The van der Waals surface area contributed by atoms with Crippen molar-refractivity contribution in [2.45, 2.75) is 413 Å². The van der Waals surface area contributed by atoms with Crippen molar-refractivity contribution in [1.29, 1.82) is 0 Å². The van der Waals surface area contributed by atoms with E-state index in [-0.39, 0.29) is 18.9 Å². The molecule has 3 aliphatic heterocycles. The summed E-state index contributed by atoms with van der Waals surface area (Å²) in [7, 11) is 0. The molecule has 0 spiro atoms. The third kappa shape index (κ3) is 39.8. The summed E-state index contributed by atoms with van der Waals surface area (Å²) in [6.45, 7) is 1.75. The fourth-order valence-corrected chi connectivity index (χ4v) is 13.2. The SMILES string of the molecule is CCCCCCCCCC/C=C\CCCCCCCCCCCCCCCCCC(=O)NC(COC1OC(CO)C(OC2OC(CO)C(OC3OC(CO)C(O)C(O)C3O)C(O)C2O)C(O)C1O)C(O)/C=C/CC/C=C/CC/C=C/CCCCCCCCCCCCCCCCC. The van der Waals surface area contributed by atoms with E-state index in [1.807, 2.05) is 6.08 Å².